The van der Waals surface area contributed by atoms with E-state index in [9.17, 15) is 18.0 Å². The molecule has 2 heterocycles. The van der Waals surface area contributed by atoms with Crippen LogP contribution >= 0.6 is 0 Å². The Morgan fingerprint density at radius 2 is 1.91 bits per heavy atom. The number of amides is 1. The van der Waals surface area contributed by atoms with Crippen LogP contribution in [0.25, 0.3) is 0 Å². The highest BCUT2D eigenvalue weighted by atomic mass is 19.4. The minimum atomic E-state index is -4.19. The molecule has 1 amide bonds. The smallest absolute Gasteiger partial charge is 0.323 e. The Morgan fingerprint density at radius 1 is 1.32 bits per heavy atom. The van der Waals surface area contributed by atoms with Gasteiger partial charge in [-0.05, 0) is 25.9 Å². The van der Waals surface area contributed by atoms with E-state index >= 15 is 0 Å². The number of hydrogen-bond donors (Lipinski definition) is 1. The molecule has 1 aromatic rings. The lowest BCUT2D eigenvalue weighted by atomic mass is 9.96. The summed E-state index contributed by atoms with van der Waals surface area (Å²) >= 11 is 0. The molecule has 8 heteroatoms. The molecule has 0 unspecified atom stereocenters. The van der Waals surface area contributed by atoms with Crippen molar-refractivity contribution in [1.82, 2.24) is 14.9 Å². The van der Waals surface area contributed by atoms with Crippen molar-refractivity contribution < 1.29 is 18.0 Å². The van der Waals surface area contributed by atoms with Crippen LogP contribution in [0.15, 0.2) is 12.4 Å². The number of alkyl halides is 3. The van der Waals surface area contributed by atoms with E-state index < -0.39 is 12.7 Å². The first-order valence-electron chi connectivity index (χ1n) is 7.28. The molecule has 2 rings (SSSR count). The fraction of sp³-hybridized carbons (Fsp3) is 0.643. The molecule has 0 atom stereocenters. The molecule has 0 aliphatic carbocycles. The zero-order valence-electron chi connectivity index (χ0n) is 12.4. The third-order valence-electron chi connectivity index (χ3n) is 3.65. The highest BCUT2D eigenvalue weighted by Crippen LogP contribution is 2.23. The third kappa shape index (κ3) is 4.94. The van der Waals surface area contributed by atoms with Crippen molar-refractivity contribution in [2.75, 3.05) is 25.0 Å². The molecule has 1 aliphatic rings. The van der Waals surface area contributed by atoms with Crippen LogP contribution in [0.1, 0.15) is 25.6 Å². The Morgan fingerprint density at radius 3 is 2.41 bits per heavy atom. The van der Waals surface area contributed by atoms with Crippen LogP contribution in [0, 0.1) is 5.92 Å². The summed E-state index contributed by atoms with van der Waals surface area (Å²) in [4.78, 5) is 21.6. The van der Waals surface area contributed by atoms with Gasteiger partial charge in [0.2, 0.25) is 5.91 Å². The molecular weight excluding hydrogens is 297 g/mol. The molecule has 5 nitrogen and oxygen atoms in total. The molecule has 122 valence electrons. The molecule has 0 spiro atoms. The number of aryl methyl sites for hydroxylation is 1. The lowest BCUT2D eigenvalue weighted by Gasteiger charge is -2.31. The molecule has 1 fully saturated rings. The topological polar surface area (TPSA) is 58.1 Å². The normalized spacial score (nSPS) is 17.5. The first-order valence-corrected chi connectivity index (χ1v) is 7.28. The zero-order valence-corrected chi connectivity index (χ0v) is 12.4. The molecule has 22 heavy (non-hydrogen) atoms. The predicted molar refractivity (Wildman–Crippen MR) is 75.3 cm³/mol. The van der Waals surface area contributed by atoms with Crippen molar-refractivity contribution in [1.29, 1.82) is 0 Å². The summed E-state index contributed by atoms with van der Waals surface area (Å²) in [5.41, 5.74) is 0.514. The number of nitrogens with zero attached hydrogens (tertiary/aromatic N) is 3. The van der Waals surface area contributed by atoms with Crippen molar-refractivity contribution in [2.45, 2.75) is 32.4 Å². The number of halogens is 3. The van der Waals surface area contributed by atoms with Crippen molar-refractivity contribution in [3.8, 4) is 0 Å². The molecule has 1 N–H and O–H groups in total. The SMILES string of the molecule is CCc1ncc(NC(=O)C2CCN(CC(F)(F)F)CC2)cn1. The second-order valence-corrected chi connectivity index (χ2v) is 5.40. The summed E-state index contributed by atoms with van der Waals surface area (Å²) in [5, 5.41) is 2.72. The first-order chi connectivity index (χ1) is 10.4. The van der Waals surface area contributed by atoms with E-state index in [2.05, 4.69) is 15.3 Å². The Labute approximate surface area is 126 Å². The van der Waals surface area contributed by atoms with E-state index in [0.717, 1.165) is 0 Å². The minimum Gasteiger partial charge on any atom is -0.323 e. The quantitative estimate of drug-likeness (QED) is 0.925. The lowest BCUT2D eigenvalue weighted by molar-refractivity contribution is -0.149. The van der Waals surface area contributed by atoms with Gasteiger partial charge >= 0.3 is 6.18 Å². The fourth-order valence-corrected chi connectivity index (χ4v) is 2.45. The van der Waals surface area contributed by atoms with E-state index in [1.54, 1.807) is 12.4 Å². The lowest BCUT2D eigenvalue weighted by Crippen LogP contribution is -2.42. The van der Waals surface area contributed by atoms with Crippen LogP contribution in [0.3, 0.4) is 0 Å². The Hall–Kier alpha value is -1.70. The molecule has 0 aromatic carbocycles. The summed E-state index contributed by atoms with van der Waals surface area (Å²) < 4.78 is 36.9. The van der Waals surface area contributed by atoms with E-state index in [-0.39, 0.29) is 24.9 Å². The van der Waals surface area contributed by atoms with Crippen LogP contribution < -0.4 is 5.32 Å². The molecule has 1 aliphatic heterocycles. The number of aromatic nitrogens is 2. The predicted octanol–water partition coefficient (Wildman–Crippen LogP) is 2.25. The van der Waals surface area contributed by atoms with Crippen LogP contribution in [-0.2, 0) is 11.2 Å². The Bertz CT molecular complexity index is 496. The van der Waals surface area contributed by atoms with Crippen molar-refractivity contribution in [2.24, 2.45) is 5.92 Å². The van der Waals surface area contributed by atoms with Gasteiger partial charge in [0.15, 0.2) is 0 Å². The van der Waals surface area contributed by atoms with Crippen LogP contribution in [0.2, 0.25) is 0 Å². The summed E-state index contributed by atoms with van der Waals surface area (Å²) in [6.07, 6.45) is 0.468. The van der Waals surface area contributed by atoms with E-state index in [4.69, 9.17) is 0 Å². The van der Waals surface area contributed by atoms with Gasteiger partial charge in [0.1, 0.15) is 5.82 Å². The average molecular weight is 316 g/mol. The summed E-state index contributed by atoms with van der Waals surface area (Å²) in [7, 11) is 0. The highest BCUT2D eigenvalue weighted by Gasteiger charge is 2.33. The van der Waals surface area contributed by atoms with Crippen molar-refractivity contribution in [3.63, 3.8) is 0 Å². The molecular formula is C14H19F3N4O. The van der Waals surface area contributed by atoms with E-state index in [0.29, 0.717) is 30.8 Å². The molecule has 0 bridgehead atoms. The second-order valence-electron chi connectivity index (χ2n) is 5.40. The maximum atomic E-state index is 12.3. The summed E-state index contributed by atoms with van der Waals surface area (Å²) in [6, 6.07) is 0. The maximum Gasteiger partial charge on any atom is 0.401 e. The molecule has 0 saturated carbocycles. The monoisotopic (exact) mass is 316 g/mol. The molecule has 1 saturated heterocycles. The van der Waals surface area contributed by atoms with Gasteiger partial charge in [-0.3, -0.25) is 9.69 Å². The van der Waals surface area contributed by atoms with Gasteiger partial charge in [0, 0.05) is 12.3 Å². The van der Waals surface area contributed by atoms with Crippen LogP contribution in [-0.4, -0.2) is 46.6 Å². The Kier molecular flexibility index (Phi) is 5.33. The number of carbonyl (C=O) groups is 1. The number of piperidine rings is 1. The van der Waals surface area contributed by atoms with Crippen molar-refractivity contribution in [3.05, 3.63) is 18.2 Å². The number of rotatable bonds is 4. The van der Waals surface area contributed by atoms with E-state index in [1.165, 1.54) is 4.90 Å². The zero-order chi connectivity index (χ0) is 16.2. The van der Waals surface area contributed by atoms with Gasteiger partial charge in [-0.25, -0.2) is 9.97 Å². The summed E-state index contributed by atoms with van der Waals surface area (Å²) in [5.74, 6) is 0.244. The Balaban J connectivity index is 1.81. The summed E-state index contributed by atoms with van der Waals surface area (Å²) in [6.45, 7) is 1.59. The van der Waals surface area contributed by atoms with Gasteiger partial charge in [-0.1, -0.05) is 6.92 Å². The number of carbonyl (C=O) groups excluding carboxylic acids is 1. The first kappa shape index (κ1) is 16.7. The average Bonchev–Trinajstić information content (AvgIpc) is 2.47. The number of nitrogens with one attached hydrogen (secondary N) is 1. The van der Waals surface area contributed by atoms with Gasteiger partial charge in [-0.2, -0.15) is 13.2 Å². The second kappa shape index (κ2) is 7.04. The van der Waals surface area contributed by atoms with Crippen molar-refractivity contribution >= 4 is 11.6 Å². The third-order valence-corrected chi connectivity index (χ3v) is 3.65. The molecule has 1 aromatic heterocycles. The number of hydrogen-bond acceptors (Lipinski definition) is 4. The minimum absolute atomic E-state index is 0.181. The highest BCUT2D eigenvalue weighted by molar-refractivity contribution is 5.92. The van der Waals surface area contributed by atoms with Crippen LogP contribution in [0.5, 0.6) is 0 Å². The number of likely N-dealkylation sites (tertiary alicyclic amines) is 1. The molecule has 0 radical (unpaired) electrons. The fourth-order valence-electron chi connectivity index (χ4n) is 2.45. The maximum absolute atomic E-state index is 12.3. The number of anilines is 1. The van der Waals surface area contributed by atoms with Gasteiger partial charge in [0.05, 0.1) is 24.6 Å². The van der Waals surface area contributed by atoms with Crippen LogP contribution in [0.4, 0.5) is 18.9 Å². The van der Waals surface area contributed by atoms with E-state index in [1.807, 2.05) is 6.92 Å². The van der Waals surface area contributed by atoms with Gasteiger partial charge < -0.3 is 5.32 Å². The van der Waals surface area contributed by atoms with Gasteiger partial charge in [0.25, 0.3) is 0 Å². The van der Waals surface area contributed by atoms with Gasteiger partial charge in [-0.15, -0.1) is 0 Å². The standard InChI is InChI=1S/C14H19F3N4O/c1-2-12-18-7-11(8-19-12)20-13(22)10-3-5-21(6-4-10)9-14(15,16)17/h7-8,10H,2-6,9H2,1H3,(H,20,22). The largest absolute Gasteiger partial charge is 0.401 e.